The lowest BCUT2D eigenvalue weighted by Gasteiger charge is -2.31. The zero-order valence-electron chi connectivity index (χ0n) is 11.0. The molecule has 2 rings (SSSR count). The number of hydrogen-bond acceptors (Lipinski definition) is 4. The van der Waals surface area contributed by atoms with Gasteiger partial charge in [0.2, 0.25) is 5.91 Å². The number of anilines is 1. The Labute approximate surface area is 119 Å². The van der Waals surface area contributed by atoms with Crippen molar-refractivity contribution in [2.45, 2.75) is 6.04 Å². The standard InChI is InChI=1S/C13H13F3N4O/c14-9-1-2-10(13(16)12(9)15)19-11(21)7-20-4-3-18-6-8(20)5-17/h1-2,8,18H,3-4,6-7H2,(H,19,21). The Hall–Kier alpha value is -2.11. The van der Waals surface area contributed by atoms with Crippen LogP contribution in [0.1, 0.15) is 0 Å². The van der Waals surface area contributed by atoms with Gasteiger partial charge in [0.15, 0.2) is 17.5 Å². The average molecular weight is 298 g/mol. The van der Waals surface area contributed by atoms with Crippen LogP contribution in [0.25, 0.3) is 0 Å². The van der Waals surface area contributed by atoms with Crippen molar-refractivity contribution in [2.75, 3.05) is 31.5 Å². The molecule has 1 fully saturated rings. The van der Waals surface area contributed by atoms with Crippen LogP contribution < -0.4 is 10.6 Å². The minimum Gasteiger partial charge on any atom is -0.322 e. The fraction of sp³-hybridized carbons (Fsp3) is 0.385. The molecule has 1 saturated heterocycles. The van der Waals surface area contributed by atoms with Crippen LogP contribution in [0.2, 0.25) is 0 Å². The molecule has 1 aromatic carbocycles. The van der Waals surface area contributed by atoms with Crippen LogP contribution >= 0.6 is 0 Å². The highest BCUT2D eigenvalue weighted by atomic mass is 19.2. The van der Waals surface area contributed by atoms with E-state index in [2.05, 4.69) is 16.7 Å². The molecule has 0 aliphatic carbocycles. The van der Waals surface area contributed by atoms with Crippen LogP contribution in [0, 0.1) is 28.8 Å². The Bertz CT molecular complexity index is 588. The van der Waals surface area contributed by atoms with Gasteiger partial charge in [0.25, 0.3) is 0 Å². The number of halogens is 3. The Kier molecular flexibility index (Phi) is 4.77. The minimum absolute atomic E-state index is 0.127. The van der Waals surface area contributed by atoms with Crippen molar-refractivity contribution < 1.29 is 18.0 Å². The number of benzene rings is 1. The van der Waals surface area contributed by atoms with Crippen LogP contribution in [-0.4, -0.2) is 43.0 Å². The number of rotatable bonds is 3. The molecule has 0 spiro atoms. The van der Waals surface area contributed by atoms with Crippen LogP contribution in [-0.2, 0) is 4.79 Å². The predicted octanol–water partition coefficient (Wildman–Crippen LogP) is 0.840. The number of hydrogen-bond donors (Lipinski definition) is 2. The lowest BCUT2D eigenvalue weighted by molar-refractivity contribution is -0.117. The van der Waals surface area contributed by atoms with Gasteiger partial charge in [-0.15, -0.1) is 0 Å². The second-order valence-corrected chi connectivity index (χ2v) is 4.59. The van der Waals surface area contributed by atoms with Gasteiger partial charge in [-0.25, -0.2) is 13.2 Å². The smallest absolute Gasteiger partial charge is 0.238 e. The maximum Gasteiger partial charge on any atom is 0.238 e. The van der Waals surface area contributed by atoms with E-state index >= 15 is 0 Å². The highest BCUT2D eigenvalue weighted by Crippen LogP contribution is 2.19. The Morgan fingerprint density at radius 1 is 1.43 bits per heavy atom. The van der Waals surface area contributed by atoms with Gasteiger partial charge in [-0.05, 0) is 12.1 Å². The molecule has 21 heavy (non-hydrogen) atoms. The molecule has 0 radical (unpaired) electrons. The number of amides is 1. The third-order valence-corrected chi connectivity index (χ3v) is 3.16. The van der Waals surface area contributed by atoms with Crippen molar-refractivity contribution in [1.82, 2.24) is 10.2 Å². The van der Waals surface area contributed by atoms with E-state index in [0.29, 0.717) is 19.6 Å². The van der Waals surface area contributed by atoms with Crippen LogP contribution in [0.4, 0.5) is 18.9 Å². The molecule has 2 N–H and O–H groups in total. The number of carbonyl (C=O) groups is 1. The second-order valence-electron chi connectivity index (χ2n) is 4.59. The summed E-state index contributed by atoms with van der Waals surface area (Å²) in [6, 6.07) is 3.27. The molecule has 1 aliphatic rings. The van der Waals surface area contributed by atoms with E-state index in [1.807, 2.05) is 0 Å². The van der Waals surface area contributed by atoms with Gasteiger partial charge in [-0.2, -0.15) is 5.26 Å². The van der Waals surface area contributed by atoms with Crippen LogP contribution in [0.5, 0.6) is 0 Å². The molecule has 1 atom stereocenters. The number of nitrogens with zero attached hydrogens (tertiary/aromatic N) is 2. The summed E-state index contributed by atoms with van der Waals surface area (Å²) < 4.78 is 39.3. The van der Waals surface area contributed by atoms with Gasteiger partial charge in [0, 0.05) is 19.6 Å². The Morgan fingerprint density at radius 2 is 2.19 bits per heavy atom. The number of nitriles is 1. The number of piperazine rings is 1. The van der Waals surface area contributed by atoms with Crippen molar-refractivity contribution in [3.63, 3.8) is 0 Å². The summed E-state index contributed by atoms with van der Waals surface area (Å²) in [6.07, 6.45) is 0. The molecule has 1 heterocycles. The predicted molar refractivity (Wildman–Crippen MR) is 68.8 cm³/mol. The largest absolute Gasteiger partial charge is 0.322 e. The molecule has 1 amide bonds. The van der Waals surface area contributed by atoms with Crippen molar-refractivity contribution in [1.29, 1.82) is 5.26 Å². The van der Waals surface area contributed by atoms with Crippen molar-refractivity contribution in [3.05, 3.63) is 29.6 Å². The third kappa shape index (κ3) is 3.51. The van der Waals surface area contributed by atoms with Crippen LogP contribution in [0.15, 0.2) is 12.1 Å². The normalized spacial score (nSPS) is 19.0. The first-order valence-electron chi connectivity index (χ1n) is 6.30. The van der Waals surface area contributed by atoms with Gasteiger partial charge in [-0.3, -0.25) is 9.69 Å². The van der Waals surface area contributed by atoms with Crippen molar-refractivity contribution in [3.8, 4) is 6.07 Å². The molecular formula is C13H13F3N4O. The summed E-state index contributed by atoms with van der Waals surface area (Å²) in [4.78, 5) is 13.5. The highest BCUT2D eigenvalue weighted by Gasteiger charge is 2.24. The number of carbonyl (C=O) groups excluding carboxylic acids is 1. The van der Waals surface area contributed by atoms with Gasteiger partial charge in [0.05, 0.1) is 18.3 Å². The Balaban J connectivity index is 2.02. The summed E-state index contributed by atoms with van der Waals surface area (Å²) in [7, 11) is 0. The van der Waals surface area contributed by atoms with Gasteiger partial charge < -0.3 is 10.6 Å². The zero-order valence-corrected chi connectivity index (χ0v) is 11.0. The lowest BCUT2D eigenvalue weighted by atomic mass is 10.2. The molecule has 1 aliphatic heterocycles. The van der Waals surface area contributed by atoms with E-state index in [4.69, 9.17) is 5.26 Å². The molecule has 0 saturated carbocycles. The third-order valence-electron chi connectivity index (χ3n) is 3.16. The minimum atomic E-state index is -1.63. The summed E-state index contributed by atoms with van der Waals surface area (Å²) in [5, 5.41) is 14.2. The molecule has 0 bridgehead atoms. The van der Waals surface area contributed by atoms with E-state index in [0.717, 1.165) is 12.1 Å². The molecule has 5 nitrogen and oxygen atoms in total. The summed E-state index contributed by atoms with van der Waals surface area (Å²) in [5.41, 5.74) is -0.428. The SMILES string of the molecule is N#CC1CNCCN1CC(=O)Nc1ccc(F)c(F)c1F. The van der Waals surface area contributed by atoms with E-state index < -0.39 is 35.1 Å². The number of nitrogens with one attached hydrogen (secondary N) is 2. The first kappa shape index (κ1) is 15.3. The summed E-state index contributed by atoms with van der Waals surface area (Å²) >= 11 is 0. The van der Waals surface area contributed by atoms with Gasteiger partial charge in [0.1, 0.15) is 6.04 Å². The molecule has 112 valence electrons. The van der Waals surface area contributed by atoms with Crippen molar-refractivity contribution >= 4 is 11.6 Å². The topological polar surface area (TPSA) is 68.2 Å². The summed E-state index contributed by atoms with van der Waals surface area (Å²) in [6.45, 7) is 1.43. The highest BCUT2D eigenvalue weighted by molar-refractivity contribution is 5.92. The maximum atomic E-state index is 13.4. The molecule has 1 unspecified atom stereocenters. The summed E-state index contributed by atoms with van der Waals surface area (Å²) in [5.74, 6) is -5.00. The van der Waals surface area contributed by atoms with E-state index in [1.165, 1.54) is 0 Å². The van der Waals surface area contributed by atoms with E-state index in [-0.39, 0.29) is 6.54 Å². The quantitative estimate of drug-likeness (QED) is 0.812. The van der Waals surface area contributed by atoms with Crippen LogP contribution in [0.3, 0.4) is 0 Å². The van der Waals surface area contributed by atoms with E-state index in [1.54, 1.807) is 4.90 Å². The average Bonchev–Trinajstić information content (AvgIpc) is 2.48. The van der Waals surface area contributed by atoms with Gasteiger partial charge >= 0.3 is 0 Å². The molecular weight excluding hydrogens is 285 g/mol. The van der Waals surface area contributed by atoms with Gasteiger partial charge in [-0.1, -0.05) is 0 Å². The van der Waals surface area contributed by atoms with Crippen molar-refractivity contribution in [2.24, 2.45) is 0 Å². The molecule has 1 aromatic rings. The lowest BCUT2D eigenvalue weighted by Crippen LogP contribution is -2.52. The first-order chi connectivity index (χ1) is 10.0. The molecule has 8 heteroatoms. The first-order valence-corrected chi connectivity index (χ1v) is 6.30. The monoisotopic (exact) mass is 298 g/mol. The fourth-order valence-corrected chi connectivity index (χ4v) is 2.06. The second kappa shape index (κ2) is 6.56. The molecule has 0 aromatic heterocycles. The fourth-order valence-electron chi connectivity index (χ4n) is 2.06. The maximum absolute atomic E-state index is 13.4. The zero-order chi connectivity index (χ0) is 15.4. The van der Waals surface area contributed by atoms with E-state index in [9.17, 15) is 18.0 Å². The Morgan fingerprint density at radius 3 is 2.90 bits per heavy atom.